The van der Waals surface area contributed by atoms with Crippen molar-refractivity contribution in [1.82, 2.24) is 0 Å². The van der Waals surface area contributed by atoms with Gasteiger partial charge in [0.2, 0.25) is 0 Å². The molecule has 124 valence electrons. The third kappa shape index (κ3) is 3.06. The van der Waals surface area contributed by atoms with E-state index in [0.717, 1.165) is 5.39 Å². The molecule has 1 N–H and O–H groups in total. The van der Waals surface area contributed by atoms with Gasteiger partial charge in [0, 0.05) is 17.1 Å². The minimum Gasteiger partial charge on any atom is -0.497 e. The van der Waals surface area contributed by atoms with E-state index in [-0.39, 0.29) is 5.91 Å². The Morgan fingerprint density at radius 3 is 2.75 bits per heavy atom. The fourth-order valence-corrected chi connectivity index (χ4v) is 2.63. The molecule has 0 fully saturated rings. The number of carbonyl (C=O) groups is 1. The first-order valence-corrected chi connectivity index (χ1v) is 7.73. The molecule has 3 aromatic rings. The molecule has 1 aromatic heterocycles. The quantitative estimate of drug-likeness (QED) is 0.755. The molecule has 0 bridgehead atoms. The van der Waals surface area contributed by atoms with Crippen molar-refractivity contribution in [3.63, 3.8) is 0 Å². The van der Waals surface area contributed by atoms with E-state index in [0.29, 0.717) is 40.7 Å². The number of furan rings is 1. The Balaban J connectivity index is 1.96. The van der Waals surface area contributed by atoms with Crippen molar-refractivity contribution in [3.8, 4) is 11.5 Å². The number of carbonyl (C=O) groups excluding carboxylic acids is 1. The number of fused-ring (bicyclic) bond motifs is 1. The molecule has 3 rings (SSSR count). The Hall–Kier alpha value is -2.95. The molecule has 1 amide bonds. The average Bonchev–Trinajstić information content (AvgIpc) is 2.90. The molecule has 2 aromatic carbocycles. The van der Waals surface area contributed by atoms with Crippen LogP contribution in [0.25, 0.3) is 11.0 Å². The smallest absolute Gasteiger partial charge is 0.259 e. The van der Waals surface area contributed by atoms with Gasteiger partial charge >= 0.3 is 0 Å². The summed E-state index contributed by atoms with van der Waals surface area (Å²) in [5, 5.41) is 3.62. The first kappa shape index (κ1) is 15.9. The van der Waals surface area contributed by atoms with E-state index < -0.39 is 0 Å². The first-order valence-electron chi connectivity index (χ1n) is 7.73. The highest BCUT2D eigenvalue weighted by Gasteiger charge is 2.19. The molecule has 0 saturated heterocycles. The maximum atomic E-state index is 12.7. The summed E-state index contributed by atoms with van der Waals surface area (Å²) in [7, 11) is 1.59. The molecular weight excluding hydrogens is 306 g/mol. The van der Waals surface area contributed by atoms with E-state index in [9.17, 15) is 4.79 Å². The van der Waals surface area contributed by atoms with Crippen molar-refractivity contribution < 1.29 is 18.7 Å². The van der Waals surface area contributed by atoms with Crippen molar-refractivity contribution in [2.45, 2.75) is 13.8 Å². The number of nitrogens with one attached hydrogen (secondary N) is 1. The van der Waals surface area contributed by atoms with Crippen LogP contribution < -0.4 is 14.8 Å². The monoisotopic (exact) mass is 325 g/mol. The molecule has 0 aliphatic heterocycles. The number of benzene rings is 2. The van der Waals surface area contributed by atoms with Crippen LogP contribution in [-0.4, -0.2) is 19.6 Å². The van der Waals surface area contributed by atoms with Crippen LogP contribution in [0.1, 0.15) is 23.0 Å². The summed E-state index contributed by atoms with van der Waals surface area (Å²) in [6, 6.07) is 12.7. The van der Waals surface area contributed by atoms with Gasteiger partial charge in [-0.1, -0.05) is 6.07 Å². The van der Waals surface area contributed by atoms with E-state index >= 15 is 0 Å². The second-order valence-corrected chi connectivity index (χ2v) is 5.31. The lowest BCUT2D eigenvalue weighted by Gasteiger charge is -2.07. The van der Waals surface area contributed by atoms with E-state index in [4.69, 9.17) is 13.9 Å². The number of anilines is 1. The zero-order valence-corrected chi connectivity index (χ0v) is 13.9. The van der Waals surface area contributed by atoms with E-state index in [1.165, 1.54) is 0 Å². The van der Waals surface area contributed by atoms with Crippen molar-refractivity contribution in [2.75, 3.05) is 19.0 Å². The standard InChI is InChI=1S/C19H19NO4/c1-4-23-15-8-9-17-16(11-15)18(12(2)24-17)19(21)20-13-6-5-7-14(10-13)22-3/h5-11H,4H2,1-3H3,(H,20,21). The average molecular weight is 325 g/mol. The maximum Gasteiger partial charge on any atom is 0.259 e. The van der Waals surface area contributed by atoms with Gasteiger partial charge in [0.05, 0.1) is 19.3 Å². The summed E-state index contributed by atoms with van der Waals surface area (Å²) in [6.45, 7) is 4.26. The molecule has 0 spiro atoms. The lowest BCUT2D eigenvalue weighted by molar-refractivity contribution is 0.102. The fraction of sp³-hybridized carbons (Fsp3) is 0.211. The van der Waals surface area contributed by atoms with Gasteiger partial charge in [-0.3, -0.25) is 4.79 Å². The molecule has 0 saturated carbocycles. The molecule has 0 aliphatic carbocycles. The van der Waals surface area contributed by atoms with Crippen LogP contribution in [0.4, 0.5) is 5.69 Å². The summed E-state index contributed by atoms with van der Waals surface area (Å²) in [4.78, 5) is 12.7. The van der Waals surface area contributed by atoms with Gasteiger partial charge in [-0.25, -0.2) is 0 Å². The van der Waals surface area contributed by atoms with Gasteiger partial charge in [0.25, 0.3) is 5.91 Å². The van der Waals surface area contributed by atoms with Gasteiger partial charge in [0.1, 0.15) is 22.8 Å². The molecule has 24 heavy (non-hydrogen) atoms. The minimum atomic E-state index is -0.229. The second-order valence-electron chi connectivity index (χ2n) is 5.31. The number of aryl methyl sites for hydroxylation is 1. The summed E-state index contributed by atoms with van der Waals surface area (Å²) in [5.74, 6) is 1.73. The second kappa shape index (κ2) is 6.66. The molecule has 0 unspecified atom stereocenters. The molecule has 5 heteroatoms. The number of methoxy groups -OCH3 is 1. The van der Waals surface area contributed by atoms with Crippen LogP contribution in [-0.2, 0) is 0 Å². The highest BCUT2D eigenvalue weighted by molar-refractivity contribution is 6.13. The summed E-state index contributed by atoms with van der Waals surface area (Å²) < 4.78 is 16.4. The van der Waals surface area contributed by atoms with Gasteiger partial charge in [0.15, 0.2) is 0 Å². The van der Waals surface area contributed by atoms with Crippen LogP contribution >= 0.6 is 0 Å². The van der Waals surface area contributed by atoms with Crippen LogP contribution in [0.2, 0.25) is 0 Å². The number of hydrogen-bond acceptors (Lipinski definition) is 4. The zero-order chi connectivity index (χ0) is 17.1. The molecular formula is C19H19NO4. The van der Waals surface area contributed by atoms with E-state index in [1.54, 1.807) is 20.1 Å². The Labute approximate surface area is 140 Å². The molecule has 1 heterocycles. The number of ether oxygens (including phenoxy) is 2. The maximum absolute atomic E-state index is 12.7. The lowest BCUT2D eigenvalue weighted by Crippen LogP contribution is -2.12. The largest absolute Gasteiger partial charge is 0.497 e. The predicted octanol–water partition coefficient (Wildman–Crippen LogP) is 4.40. The van der Waals surface area contributed by atoms with Crippen molar-refractivity contribution >= 4 is 22.6 Å². The zero-order valence-electron chi connectivity index (χ0n) is 13.9. The van der Waals surface area contributed by atoms with Crippen molar-refractivity contribution in [1.29, 1.82) is 0 Å². The highest BCUT2D eigenvalue weighted by Crippen LogP contribution is 2.30. The SMILES string of the molecule is CCOc1ccc2oc(C)c(C(=O)Nc3cccc(OC)c3)c2c1. The molecule has 0 radical (unpaired) electrons. The van der Waals surface area contributed by atoms with Crippen LogP contribution in [0, 0.1) is 6.92 Å². The van der Waals surface area contributed by atoms with Gasteiger partial charge in [-0.2, -0.15) is 0 Å². The Bertz CT molecular complexity index is 882. The molecule has 5 nitrogen and oxygen atoms in total. The van der Waals surface area contributed by atoms with Gasteiger partial charge in [-0.05, 0) is 44.2 Å². The number of amides is 1. The molecule has 0 atom stereocenters. The van der Waals surface area contributed by atoms with Crippen molar-refractivity contribution in [3.05, 3.63) is 53.8 Å². The topological polar surface area (TPSA) is 60.7 Å². The number of rotatable bonds is 5. The molecule has 0 aliphatic rings. The predicted molar refractivity (Wildman–Crippen MR) is 93.1 cm³/mol. The lowest BCUT2D eigenvalue weighted by atomic mass is 10.1. The highest BCUT2D eigenvalue weighted by atomic mass is 16.5. The van der Waals surface area contributed by atoms with Crippen LogP contribution in [0.5, 0.6) is 11.5 Å². The first-order chi connectivity index (χ1) is 11.6. The van der Waals surface area contributed by atoms with Crippen LogP contribution in [0.3, 0.4) is 0 Å². The van der Waals surface area contributed by atoms with E-state index in [2.05, 4.69) is 5.32 Å². The fourth-order valence-electron chi connectivity index (χ4n) is 2.63. The third-order valence-corrected chi connectivity index (χ3v) is 3.70. The van der Waals surface area contributed by atoms with Crippen LogP contribution in [0.15, 0.2) is 46.9 Å². The Kier molecular flexibility index (Phi) is 4.42. The Morgan fingerprint density at radius 1 is 1.17 bits per heavy atom. The Morgan fingerprint density at radius 2 is 2.00 bits per heavy atom. The summed E-state index contributed by atoms with van der Waals surface area (Å²) >= 11 is 0. The third-order valence-electron chi connectivity index (χ3n) is 3.70. The van der Waals surface area contributed by atoms with Gasteiger partial charge < -0.3 is 19.2 Å². The minimum absolute atomic E-state index is 0.229. The summed E-state index contributed by atoms with van der Waals surface area (Å²) in [5.41, 5.74) is 1.83. The van der Waals surface area contributed by atoms with E-state index in [1.807, 2.05) is 43.3 Å². The normalized spacial score (nSPS) is 10.6. The van der Waals surface area contributed by atoms with Gasteiger partial charge in [-0.15, -0.1) is 0 Å². The summed E-state index contributed by atoms with van der Waals surface area (Å²) in [6.07, 6.45) is 0. The van der Waals surface area contributed by atoms with Crippen molar-refractivity contribution in [2.24, 2.45) is 0 Å². The number of hydrogen-bond donors (Lipinski definition) is 1.